The second kappa shape index (κ2) is 5.21. The maximum atomic E-state index is 12.2. The van der Waals surface area contributed by atoms with Crippen LogP contribution in [-0.4, -0.2) is 48.0 Å². The van der Waals surface area contributed by atoms with E-state index in [1.807, 2.05) is 11.8 Å². The van der Waals surface area contributed by atoms with Gasteiger partial charge in [0.25, 0.3) is 0 Å². The predicted octanol–water partition coefficient (Wildman–Crippen LogP) is 0.950. The highest BCUT2D eigenvalue weighted by Gasteiger charge is 2.30. The third-order valence-electron chi connectivity index (χ3n) is 3.30. The molecule has 86 valence electrons. The Kier molecular flexibility index (Phi) is 3.92. The van der Waals surface area contributed by atoms with Gasteiger partial charge in [0.05, 0.1) is 5.92 Å². The number of hydrogen-bond donors (Lipinski definition) is 1. The molecule has 0 aliphatic carbocycles. The molecule has 0 aromatic heterocycles. The van der Waals surface area contributed by atoms with Gasteiger partial charge in [-0.3, -0.25) is 4.79 Å². The van der Waals surface area contributed by atoms with Crippen LogP contribution in [0.2, 0.25) is 0 Å². The van der Waals surface area contributed by atoms with Gasteiger partial charge in [0, 0.05) is 30.6 Å². The normalized spacial score (nSPS) is 32.7. The van der Waals surface area contributed by atoms with E-state index in [2.05, 4.69) is 17.1 Å². The number of thioether (sulfide) groups is 1. The molecule has 15 heavy (non-hydrogen) atoms. The standard InChI is InChI=1S/C11H20N2OS/c1-9-8-15-6-5-13(9)11(14)10-3-2-4-12-7-10/h9-10,12H,2-8H2,1H3/t9?,10-/m0/s1. The van der Waals surface area contributed by atoms with Crippen LogP contribution in [0.15, 0.2) is 0 Å². The monoisotopic (exact) mass is 228 g/mol. The zero-order chi connectivity index (χ0) is 10.7. The summed E-state index contributed by atoms with van der Waals surface area (Å²) in [4.78, 5) is 14.3. The van der Waals surface area contributed by atoms with Crippen LogP contribution in [0, 0.1) is 5.92 Å². The predicted molar refractivity (Wildman–Crippen MR) is 64.1 cm³/mol. The van der Waals surface area contributed by atoms with Crippen LogP contribution >= 0.6 is 11.8 Å². The molecule has 4 heteroatoms. The van der Waals surface area contributed by atoms with Crippen molar-refractivity contribution < 1.29 is 4.79 Å². The summed E-state index contributed by atoms with van der Waals surface area (Å²) in [6, 6.07) is 0.429. The summed E-state index contributed by atoms with van der Waals surface area (Å²) in [5.74, 6) is 2.83. The lowest BCUT2D eigenvalue weighted by Crippen LogP contribution is -2.50. The molecule has 1 amide bonds. The molecule has 0 spiro atoms. The Morgan fingerprint density at radius 1 is 1.53 bits per heavy atom. The van der Waals surface area contributed by atoms with Crippen molar-refractivity contribution in [2.75, 3.05) is 31.1 Å². The summed E-state index contributed by atoms with van der Waals surface area (Å²) in [5.41, 5.74) is 0. The first-order valence-electron chi connectivity index (χ1n) is 5.88. The summed E-state index contributed by atoms with van der Waals surface area (Å²) >= 11 is 1.96. The van der Waals surface area contributed by atoms with Crippen LogP contribution in [0.4, 0.5) is 0 Å². The zero-order valence-electron chi connectivity index (χ0n) is 9.37. The van der Waals surface area contributed by atoms with Crippen molar-refractivity contribution in [3.8, 4) is 0 Å². The van der Waals surface area contributed by atoms with Crippen molar-refractivity contribution >= 4 is 17.7 Å². The number of carbonyl (C=O) groups is 1. The van der Waals surface area contributed by atoms with Crippen molar-refractivity contribution in [3.63, 3.8) is 0 Å². The number of hydrogen-bond acceptors (Lipinski definition) is 3. The maximum absolute atomic E-state index is 12.2. The van der Waals surface area contributed by atoms with Crippen LogP contribution in [0.25, 0.3) is 0 Å². The van der Waals surface area contributed by atoms with E-state index in [9.17, 15) is 4.79 Å². The van der Waals surface area contributed by atoms with Crippen LogP contribution in [0.3, 0.4) is 0 Å². The van der Waals surface area contributed by atoms with E-state index in [0.717, 1.165) is 44.0 Å². The summed E-state index contributed by atoms with van der Waals surface area (Å²) < 4.78 is 0. The van der Waals surface area contributed by atoms with Gasteiger partial charge < -0.3 is 10.2 Å². The first-order valence-corrected chi connectivity index (χ1v) is 7.03. The highest BCUT2D eigenvalue weighted by Crippen LogP contribution is 2.21. The van der Waals surface area contributed by atoms with Crippen LogP contribution in [-0.2, 0) is 4.79 Å². The second-order valence-electron chi connectivity index (χ2n) is 4.50. The fourth-order valence-electron chi connectivity index (χ4n) is 2.35. The molecule has 1 N–H and O–H groups in total. The van der Waals surface area contributed by atoms with Crippen molar-refractivity contribution in [2.24, 2.45) is 5.92 Å². The molecule has 0 aromatic carbocycles. The average molecular weight is 228 g/mol. The zero-order valence-corrected chi connectivity index (χ0v) is 10.2. The number of nitrogens with zero attached hydrogens (tertiary/aromatic N) is 1. The number of amides is 1. The fraction of sp³-hybridized carbons (Fsp3) is 0.909. The van der Waals surface area contributed by atoms with E-state index in [1.165, 1.54) is 0 Å². The molecule has 2 rings (SSSR count). The fourth-order valence-corrected chi connectivity index (χ4v) is 3.37. The molecule has 2 heterocycles. The van der Waals surface area contributed by atoms with Crippen molar-refractivity contribution in [1.82, 2.24) is 10.2 Å². The van der Waals surface area contributed by atoms with Gasteiger partial charge in [-0.25, -0.2) is 0 Å². The van der Waals surface area contributed by atoms with Gasteiger partial charge in [0.15, 0.2) is 0 Å². The quantitative estimate of drug-likeness (QED) is 0.725. The molecule has 0 bridgehead atoms. The molecule has 2 fully saturated rings. The lowest BCUT2D eigenvalue weighted by Gasteiger charge is -2.36. The minimum absolute atomic E-state index is 0.240. The largest absolute Gasteiger partial charge is 0.338 e. The molecular weight excluding hydrogens is 208 g/mol. The number of piperidine rings is 1. The summed E-state index contributed by atoms with van der Waals surface area (Å²) in [5, 5.41) is 3.32. The van der Waals surface area contributed by atoms with Gasteiger partial charge >= 0.3 is 0 Å². The minimum Gasteiger partial charge on any atom is -0.338 e. The van der Waals surface area contributed by atoms with Gasteiger partial charge in [-0.1, -0.05) is 0 Å². The lowest BCUT2D eigenvalue weighted by atomic mass is 9.97. The van der Waals surface area contributed by atoms with Gasteiger partial charge in [0.1, 0.15) is 0 Å². The summed E-state index contributed by atoms with van der Waals surface area (Å²) in [6.45, 7) is 5.08. The third-order valence-corrected chi connectivity index (χ3v) is 4.49. The van der Waals surface area contributed by atoms with Gasteiger partial charge in [-0.15, -0.1) is 0 Å². The molecule has 1 unspecified atom stereocenters. The van der Waals surface area contributed by atoms with Crippen LogP contribution < -0.4 is 5.32 Å². The van der Waals surface area contributed by atoms with E-state index in [4.69, 9.17) is 0 Å². The molecule has 2 atom stereocenters. The Balaban J connectivity index is 1.92. The Bertz CT molecular complexity index is 229. The smallest absolute Gasteiger partial charge is 0.227 e. The molecule has 2 aliphatic heterocycles. The van der Waals surface area contributed by atoms with E-state index < -0.39 is 0 Å². The Morgan fingerprint density at radius 2 is 2.40 bits per heavy atom. The maximum Gasteiger partial charge on any atom is 0.227 e. The first kappa shape index (κ1) is 11.3. The third kappa shape index (κ3) is 2.67. The van der Waals surface area contributed by atoms with E-state index in [-0.39, 0.29) is 5.92 Å². The molecule has 0 aromatic rings. The number of carbonyl (C=O) groups excluding carboxylic acids is 1. The molecule has 0 saturated carbocycles. The number of nitrogens with one attached hydrogen (secondary N) is 1. The molecule has 0 radical (unpaired) electrons. The Hall–Kier alpha value is -0.220. The molecule has 2 saturated heterocycles. The minimum atomic E-state index is 0.240. The van der Waals surface area contributed by atoms with E-state index in [0.29, 0.717) is 11.9 Å². The Labute approximate surface area is 96.0 Å². The van der Waals surface area contributed by atoms with Crippen molar-refractivity contribution in [2.45, 2.75) is 25.8 Å². The molecule has 2 aliphatic rings. The van der Waals surface area contributed by atoms with Crippen LogP contribution in [0.1, 0.15) is 19.8 Å². The van der Waals surface area contributed by atoms with Gasteiger partial charge in [0.2, 0.25) is 5.91 Å². The van der Waals surface area contributed by atoms with Gasteiger partial charge in [-0.05, 0) is 26.3 Å². The average Bonchev–Trinajstić information content (AvgIpc) is 2.30. The van der Waals surface area contributed by atoms with Gasteiger partial charge in [-0.2, -0.15) is 11.8 Å². The topological polar surface area (TPSA) is 32.3 Å². The van der Waals surface area contributed by atoms with E-state index >= 15 is 0 Å². The SMILES string of the molecule is CC1CSCCN1C(=O)[C@H]1CCCNC1. The van der Waals surface area contributed by atoms with Crippen LogP contribution in [0.5, 0.6) is 0 Å². The summed E-state index contributed by atoms with van der Waals surface area (Å²) in [6.07, 6.45) is 2.22. The number of rotatable bonds is 1. The lowest BCUT2D eigenvalue weighted by molar-refractivity contribution is -0.137. The molecule has 3 nitrogen and oxygen atoms in total. The highest BCUT2D eigenvalue weighted by atomic mass is 32.2. The molecular formula is C11H20N2OS. The van der Waals surface area contributed by atoms with E-state index in [1.54, 1.807) is 0 Å². The Morgan fingerprint density at radius 3 is 3.07 bits per heavy atom. The van der Waals surface area contributed by atoms with Crippen molar-refractivity contribution in [1.29, 1.82) is 0 Å². The first-order chi connectivity index (χ1) is 7.29. The highest BCUT2D eigenvalue weighted by molar-refractivity contribution is 7.99. The summed E-state index contributed by atoms with van der Waals surface area (Å²) in [7, 11) is 0. The van der Waals surface area contributed by atoms with Crippen molar-refractivity contribution in [3.05, 3.63) is 0 Å². The second-order valence-corrected chi connectivity index (χ2v) is 5.65.